The Balaban J connectivity index is 1.86. The van der Waals surface area contributed by atoms with Gasteiger partial charge < -0.3 is 5.32 Å². The fourth-order valence-corrected chi connectivity index (χ4v) is 3.10. The number of alkyl halides is 3. The molecule has 1 unspecified atom stereocenters. The number of anilines is 2. The number of hydrogen-bond donors (Lipinski definition) is 1. The zero-order chi connectivity index (χ0) is 17.5. The van der Waals surface area contributed by atoms with E-state index >= 15 is 0 Å². The van der Waals surface area contributed by atoms with Crippen LogP contribution in [-0.2, 0) is 12.6 Å². The number of carbonyl (C=O) groups excluding carboxylic acids is 1. The Kier molecular flexibility index (Phi) is 4.17. The van der Waals surface area contributed by atoms with Gasteiger partial charge in [-0.2, -0.15) is 13.2 Å². The Morgan fingerprint density at radius 2 is 1.96 bits per heavy atom. The third kappa shape index (κ3) is 3.06. The third-order valence-corrected chi connectivity index (χ3v) is 4.28. The molecule has 1 aliphatic rings. The number of rotatable bonds is 1. The van der Waals surface area contributed by atoms with Gasteiger partial charge in [0.15, 0.2) is 0 Å². The number of fused-ring (bicyclic) bond motifs is 1. The minimum absolute atomic E-state index is 0.0494. The lowest BCUT2D eigenvalue weighted by molar-refractivity contribution is -0.137. The van der Waals surface area contributed by atoms with Gasteiger partial charge in [-0.3, -0.25) is 4.90 Å². The first-order chi connectivity index (χ1) is 11.3. The van der Waals surface area contributed by atoms with Crippen molar-refractivity contribution in [2.75, 3.05) is 10.2 Å². The van der Waals surface area contributed by atoms with Crippen LogP contribution in [0.25, 0.3) is 0 Å². The van der Waals surface area contributed by atoms with Gasteiger partial charge in [0, 0.05) is 17.4 Å². The normalized spacial score (nSPS) is 16.9. The molecule has 1 aliphatic heterocycles. The summed E-state index contributed by atoms with van der Waals surface area (Å²) in [4.78, 5) is 14.1. The SMILES string of the molecule is CC1Cc2ccccc2N1C(=O)Nc1ccc(Cl)c(C(F)(F)F)c1. The molecule has 0 saturated heterocycles. The predicted octanol–water partition coefficient (Wildman–Crippen LogP) is 5.34. The second kappa shape index (κ2) is 6.02. The minimum atomic E-state index is -4.58. The Hall–Kier alpha value is -2.21. The van der Waals surface area contributed by atoms with Gasteiger partial charge in [-0.05, 0) is 43.2 Å². The van der Waals surface area contributed by atoms with Crippen molar-refractivity contribution in [3.8, 4) is 0 Å². The monoisotopic (exact) mass is 354 g/mol. The lowest BCUT2D eigenvalue weighted by atomic mass is 10.1. The van der Waals surface area contributed by atoms with Crippen molar-refractivity contribution in [1.29, 1.82) is 0 Å². The number of nitrogens with zero attached hydrogens (tertiary/aromatic N) is 1. The van der Waals surface area contributed by atoms with Crippen LogP contribution in [0.2, 0.25) is 5.02 Å². The van der Waals surface area contributed by atoms with Gasteiger partial charge in [-0.15, -0.1) is 0 Å². The second-order valence-electron chi connectivity index (χ2n) is 5.67. The maximum atomic E-state index is 12.9. The highest BCUT2D eigenvalue weighted by Gasteiger charge is 2.34. The van der Waals surface area contributed by atoms with E-state index in [4.69, 9.17) is 11.6 Å². The predicted molar refractivity (Wildman–Crippen MR) is 87.6 cm³/mol. The summed E-state index contributed by atoms with van der Waals surface area (Å²) in [5.74, 6) is 0. The van der Waals surface area contributed by atoms with Gasteiger partial charge in [0.1, 0.15) is 0 Å². The molecule has 3 rings (SSSR count). The lowest BCUT2D eigenvalue weighted by Crippen LogP contribution is -2.39. The Morgan fingerprint density at radius 1 is 1.25 bits per heavy atom. The zero-order valence-electron chi connectivity index (χ0n) is 12.7. The van der Waals surface area contributed by atoms with Gasteiger partial charge in [0.25, 0.3) is 0 Å². The first-order valence-corrected chi connectivity index (χ1v) is 7.70. The minimum Gasteiger partial charge on any atom is -0.308 e. The number of nitrogens with one attached hydrogen (secondary N) is 1. The molecule has 1 N–H and O–H groups in total. The highest BCUT2D eigenvalue weighted by Crippen LogP contribution is 2.37. The number of carbonyl (C=O) groups is 1. The first-order valence-electron chi connectivity index (χ1n) is 7.32. The molecule has 0 spiro atoms. The summed E-state index contributed by atoms with van der Waals surface area (Å²) < 4.78 is 38.8. The summed E-state index contributed by atoms with van der Waals surface area (Å²) in [6.45, 7) is 1.89. The molecule has 0 saturated carbocycles. The van der Waals surface area contributed by atoms with Crippen molar-refractivity contribution in [2.24, 2.45) is 0 Å². The average Bonchev–Trinajstić information content (AvgIpc) is 2.83. The van der Waals surface area contributed by atoms with Crippen LogP contribution in [0.15, 0.2) is 42.5 Å². The van der Waals surface area contributed by atoms with Crippen molar-refractivity contribution in [3.63, 3.8) is 0 Å². The highest BCUT2D eigenvalue weighted by molar-refractivity contribution is 6.31. The molecular weight excluding hydrogens is 341 g/mol. The van der Waals surface area contributed by atoms with Gasteiger partial charge in [0.05, 0.1) is 10.6 Å². The molecule has 2 aromatic rings. The van der Waals surface area contributed by atoms with Crippen LogP contribution in [0.1, 0.15) is 18.1 Å². The Morgan fingerprint density at radius 3 is 2.67 bits per heavy atom. The molecule has 2 aromatic carbocycles. The number of amides is 2. The maximum absolute atomic E-state index is 12.9. The lowest BCUT2D eigenvalue weighted by Gasteiger charge is -2.23. The molecular formula is C17H14ClF3N2O. The quantitative estimate of drug-likeness (QED) is 0.736. The van der Waals surface area contributed by atoms with Crippen LogP contribution >= 0.6 is 11.6 Å². The van der Waals surface area contributed by atoms with E-state index in [1.165, 1.54) is 6.07 Å². The largest absolute Gasteiger partial charge is 0.417 e. The van der Waals surface area contributed by atoms with Crippen molar-refractivity contribution < 1.29 is 18.0 Å². The van der Waals surface area contributed by atoms with E-state index in [1.54, 1.807) is 4.90 Å². The van der Waals surface area contributed by atoms with E-state index in [0.717, 1.165) is 23.4 Å². The van der Waals surface area contributed by atoms with Crippen LogP contribution in [0.5, 0.6) is 0 Å². The summed E-state index contributed by atoms with van der Waals surface area (Å²) in [6, 6.07) is 10.2. The Labute approximate surface area is 142 Å². The van der Waals surface area contributed by atoms with Crippen LogP contribution in [0, 0.1) is 0 Å². The molecule has 1 atom stereocenters. The molecule has 2 amide bonds. The van der Waals surface area contributed by atoms with Crippen LogP contribution in [-0.4, -0.2) is 12.1 Å². The second-order valence-corrected chi connectivity index (χ2v) is 6.08. The van der Waals surface area contributed by atoms with E-state index in [1.807, 2.05) is 31.2 Å². The molecule has 0 fully saturated rings. The van der Waals surface area contributed by atoms with Gasteiger partial charge in [-0.25, -0.2) is 4.79 Å². The Bertz CT molecular complexity index is 792. The molecule has 126 valence electrons. The first kappa shape index (κ1) is 16.6. The van der Waals surface area contributed by atoms with E-state index in [2.05, 4.69) is 5.32 Å². The molecule has 0 bridgehead atoms. The average molecular weight is 355 g/mol. The molecule has 7 heteroatoms. The van der Waals surface area contributed by atoms with Gasteiger partial charge in [0.2, 0.25) is 0 Å². The number of benzene rings is 2. The topological polar surface area (TPSA) is 32.3 Å². The summed E-state index contributed by atoms with van der Waals surface area (Å²) in [7, 11) is 0. The summed E-state index contributed by atoms with van der Waals surface area (Å²) in [5, 5.41) is 2.12. The molecule has 0 aliphatic carbocycles. The van der Waals surface area contributed by atoms with Crippen molar-refractivity contribution in [1.82, 2.24) is 0 Å². The van der Waals surface area contributed by atoms with Gasteiger partial charge in [-0.1, -0.05) is 29.8 Å². The fraction of sp³-hybridized carbons (Fsp3) is 0.235. The van der Waals surface area contributed by atoms with Crippen molar-refractivity contribution in [2.45, 2.75) is 25.6 Å². The maximum Gasteiger partial charge on any atom is 0.417 e. The van der Waals surface area contributed by atoms with E-state index in [9.17, 15) is 18.0 Å². The molecule has 3 nitrogen and oxygen atoms in total. The van der Waals surface area contributed by atoms with Crippen LogP contribution in [0.3, 0.4) is 0 Å². The standard InChI is InChI=1S/C17H14ClF3N2O/c1-10-8-11-4-2-3-5-15(11)23(10)16(24)22-12-6-7-14(18)13(9-12)17(19,20)21/h2-7,9-10H,8H2,1H3,(H,22,24). The summed E-state index contributed by atoms with van der Waals surface area (Å²) in [6.07, 6.45) is -3.87. The van der Waals surface area contributed by atoms with Crippen molar-refractivity contribution >= 4 is 29.0 Å². The molecule has 0 aromatic heterocycles. The number of para-hydroxylation sites is 1. The van der Waals surface area contributed by atoms with Gasteiger partial charge >= 0.3 is 12.2 Å². The fourth-order valence-electron chi connectivity index (χ4n) is 2.88. The third-order valence-electron chi connectivity index (χ3n) is 3.95. The summed E-state index contributed by atoms with van der Waals surface area (Å²) >= 11 is 5.59. The molecule has 24 heavy (non-hydrogen) atoms. The van der Waals surface area contributed by atoms with Crippen molar-refractivity contribution in [3.05, 3.63) is 58.6 Å². The molecule has 0 radical (unpaired) electrons. The number of urea groups is 1. The van der Waals surface area contributed by atoms with Crippen LogP contribution < -0.4 is 10.2 Å². The van der Waals surface area contributed by atoms with E-state index in [-0.39, 0.29) is 11.7 Å². The molecule has 1 heterocycles. The highest BCUT2D eigenvalue weighted by atomic mass is 35.5. The zero-order valence-corrected chi connectivity index (χ0v) is 13.4. The number of hydrogen-bond acceptors (Lipinski definition) is 1. The number of halogens is 4. The van der Waals surface area contributed by atoms with Crippen LogP contribution in [0.4, 0.5) is 29.3 Å². The van der Waals surface area contributed by atoms with E-state index < -0.39 is 22.8 Å². The smallest absolute Gasteiger partial charge is 0.308 e. The summed E-state index contributed by atoms with van der Waals surface area (Å²) in [5.41, 5.74) is 0.880. The van der Waals surface area contributed by atoms with E-state index in [0.29, 0.717) is 6.42 Å².